The predicted octanol–water partition coefficient (Wildman–Crippen LogP) is 2.83. The minimum atomic E-state index is -0.782. The van der Waals surface area contributed by atoms with Crippen LogP contribution in [-0.4, -0.2) is 25.2 Å². The van der Waals surface area contributed by atoms with Gasteiger partial charge in [-0.2, -0.15) is 0 Å². The molecule has 18 heavy (non-hydrogen) atoms. The topological polar surface area (TPSA) is 58.6 Å². The molecule has 0 aliphatic rings. The summed E-state index contributed by atoms with van der Waals surface area (Å²) in [5.74, 6) is -0.0115. The average Bonchev–Trinajstić information content (AvgIpc) is 2.29. The van der Waals surface area contributed by atoms with Crippen molar-refractivity contribution in [2.45, 2.75) is 19.4 Å². The number of carboxylic acids is 1. The Kier molecular flexibility index (Phi) is 5.62. The summed E-state index contributed by atoms with van der Waals surface area (Å²) in [7, 11) is 3.45. The highest BCUT2D eigenvalue weighted by Crippen LogP contribution is 2.31. The van der Waals surface area contributed by atoms with E-state index in [1.165, 1.54) is 0 Å². The molecule has 0 radical (unpaired) electrons. The predicted molar refractivity (Wildman–Crippen MR) is 73.9 cm³/mol. The van der Waals surface area contributed by atoms with Crippen molar-refractivity contribution in [1.82, 2.24) is 5.32 Å². The van der Waals surface area contributed by atoms with E-state index in [0.29, 0.717) is 0 Å². The maximum absolute atomic E-state index is 10.8. The molecular weight excluding hydrogens is 298 g/mol. The Hall–Kier alpha value is -1.07. The maximum atomic E-state index is 10.8. The van der Waals surface area contributed by atoms with Gasteiger partial charge in [0.25, 0.3) is 0 Å². The Morgan fingerprint density at radius 2 is 2.22 bits per heavy atom. The standard InChI is InChI=1S/C13H18BrNO3/c1-8(6-12(16)17)13(15-2)9-4-5-11(18-3)10(14)7-9/h4-5,7-8,13,15H,6H2,1-3H3,(H,16,17). The average molecular weight is 316 g/mol. The number of aliphatic carboxylic acids is 1. The lowest BCUT2D eigenvalue weighted by molar-refractivity contribution is -0.138. The second-order valence-electron chi connectivity index (χ2n) is 4.24. The second kappa shape index (κ2) is 6.75. The number of methoxy groups -OCH3 is 1. The van der Waals surface area contributed by atoms with E-state index in [4.69, 9.17) is 9.84 Å². The summed E-state index contributed by atoms with van der Waals surface area (Å²) < 4.78 is 6.04. The molecule has 100 valence electrons. The van der Waals surface area contributed by atoms with Crippen LogP contribution in [0.15, 0.2) is 22.7 Å². The summed E-state index contributed by atoms with van der Waals surface area (Å²) in [5, 5.41) is 12.0. The zero-order valence-electron chi connectivity index (χ0n) is 10.7. The highest BCUT2D eigenvalue weighted by molar-refractivity contribution is 9.10. The molecule has 0 spiro atoms. The number of halogens is 1. The van der Waals surface area contributed by atoms with Crippen molar-refractivity contribution in [2.24, 2.45) is 5.92 Å². The number of rotatable bonds is 6. The molecule has 0 saturated carbocycles. The van der Waals surface area contributed by atoms with Gasteiger partial charge in [0.15, 0.2) is 0 Å². The molecule has 2 unspecified atom stereocenters. The summed E-state index contributed by atoms with van der Waals surface area (Å²) in [4.78, 5) is 10.8. The molecule has 0 heterocycles. The highest BCUT2D eigenvalue weighted by atomic mass is 79.9. The molecule has 0 fully saturated rings. The molecule has 0 bridgehead atoms. The van der Waals surface area contributed by atoms with E-state index in [1.807, 2.05) is 32.2 Å². The first-order valence-electron chi connectivity index (χ1n) is 5.72. The van der Waals surface area contributed by atoms with Crippen LogP contribution in [0.2, 0.25) is 0 Å². The van der Waals surface area contributed by atoms with E-state index in [2.05, 4.69) is 21.2 Å². The molecule has 1 aromatic rings. The van der Waals surface area contributed by atoms with Gasteiger partial charge < -0.3 is 15.2 Å². The number of nitrogens with one attached hydrogen (secondary N) is 1. The smallest absolute Gasteiger partial charge is 0.303 e. The fraction of sp³-hybridized carbons (Fsp3) is 0.462. The van der Waals surface area contributed by atoms with E-state index < -0.39 is 5.97 Å². The van der Waals surface area contributed by atoms with Crippen LogP contribution < -0.4 is 10.1 Å². The van der Waals surface area contributed by atoms with Crippen molar-refractivity contribution >= 4 is 21.9 Å². The molecule has 1 rings (SSSR count). The molecule has 4 nitrogen and oxygen atoms in total. The molecule has 2 atom stereocenters. The number of carbonyl (C=O) groups is 1. The number of benzene rings is 1. The van der Waals surface area contributed by atoms with Crippen molar-refractivity contribution in [1.29, 1.82) is 0 Å². The largest absolute Gasteiger partial charge is 0.496 e. The van der Waals surface area contributed by atoms with E-state index in [9.17, 15) is 4.79 Å². The normalized spacial score (nSPS) is 14.0. The van der Waals surface area contributed by atoms with Gasteiger partial charge in [0.05, 0.1) is 11.6 Å². The zero-order chi connectivity index (χ0) is 13.7. The van der Waals surface area contributed by atoms with E-state index in [0.717, 1.165) is 15.8 Å². The van der Waals surface area contributed by atoms with Crippen LogP contribution in [-0.2, 0) is 4.79 Å². The van der Waals surface area contributed by atoms with E-state index in [1.54, 1.807) is 7.11 Å². The number of hydrogen-bond donors (Lipinski definition) is 2. The van der Waals surface area contributed by atoms with Gasteiger partial charge in [-0.15, -0.1) is 0 Å². The van der Waals surface area contributed by atoms with Gasteiger partial charge in [0, 0.05) is 12.5 Å². The van der Waals surface area contributed by atoms with Crippen LogP contribution in [0.5, 0.6) is 5.75 Å². The third-order valence-corrected chi connectivity index (χ3v) is 3.53. The summed E-state index contributed by atoms with van der Waals surface area (Å²) in [6.07, 6.45) is 0.134. The minimum Gasteiger partial charge on any atom is -0.496 e. The van der Waals surface area contributed by atoms with Crippen LogP contribution in [0.4, 0.5) is 0 Å². The molecule has 0 saturated heterocycles. The lowest BCUT2D eigenvalue weighted by Gasteiger charge is -2.23. The first kappa shape index (κ1) is 15.0. The second-order valence-corrected chi connectivity index (χ2v) is 5.09. The molecule has 1 aromatic carbocycles. The monoisotopic (exact) mass is 315 g/mol. The summed E-state index contributed by atoms with van der Waals surface area (Å²) in [6.45, 7) is 1.92. The summed E-state index contributed by atoms with van der Waals surface area (Å²) >= 11 is 3.44. The highest BCUT2D eigenvalue weighted by Gasteiger charge is 2.20. The number of ether oxygens (including phenoxy) is 1. The van der Waals surface area contributed by atoms with Gasteiger partial charge in [-0.1, -0.05) is 13.0 Å². The van der Waals surface area contributed by atoms with Crippen molar-refractivity contribution in [3.63, 3.8) is 0 Å². The van der Waals surface area contributed by atoms with Crippen LogP contribution in [0, 0.1) is 5.92 Å². The number of hydrogen-bond acceptors (Lipinski definition) is 3. The molecule has 5 heteroatoms. The third-order valence-electron chi connectivity index (χ3n) is 2.91. The van der Waals surface area contributed by atoms with E-state index in [-0.39, 0.29) is 18.4 Å². The molecule has 0 aliphatic carbocycles. The molecular formula is C13H18BrNO3. The van der Waals surface area contributed by atoms with Gasteiger partial charge in [-0.3, -0.25) is 4.79 Å². The van der Waals surface area contributed by atoms with Crippen LogP contribution in [0.3, 0.4) is 0 Å². The molecule has 0 amide bonds. The van der Waals surface area contributed by atoms with Crippen LogP contribution in [0.1, 0.15) is 24.9 Å². The van der Waals surface area contributed by atoms with Crippen molar-refractivity contribution in [3.8, 4) is 5.75 Å². The number of carboxylic acid groups (broad SMARTS) is 1. The lowest BCUT2D eigenvalue weighted by Crippen LogP contribution is -2.25. The van der Waals surface area contributed by atoms with Gasteiger partial charge in [0.2, 0.25) is 0 Å². The lowest BCUT2D eigenvalue weighted by atomic mass is 9.92. The van der Waals surface area contributed by atoms with E-state index >= 15 is 0 Å². The zero-order valence-corrected chi connectivity index (χ0v) is 12.3. The summed E-state index contributed by atoms with van der Waals surface area (Å²) in [6, 6.07) is 5.78. The SMILES string of the molecule is CNC(c1ccc(OC)c(Br)c1)C(C)CC(=O)O. The first-order valence-corrected chi connectivity index (χ1v) is 6.51. The Morgan fingerprint density at radius 1 is 1.56 bits per heavy atom. The van der Waals surface area contributed by atoms with Gasteiger partial charge in [-0.25, -0.2) is 0 Å². The fourth-order valence-electron chi connectivity index (χ4n) is 2.05. The van der Waals surface area contributed by atoms with Crippen LogP contribution >= 0.6 is 15.9 Å². The van der Waals surface area contributed by atoms with Crippen molar-refractivity contribution < 1.29 is 14.6 Å². The van der Waals surface area contributed by atoms with Gasteiger partial charge >= 0.3 is 5.97 Å². The van der Waals surface area contributed by atoms with Crippen molar-refractivity contribution in [3.05, 3.63) is 28.2 Å². The molecule has 2 N–H and O–H groups in total. The Morgan fingerprint density at radius 3 is 2.67 bits per heavy atom. The fourth-order valence-corrected chi connectivity index (χ4v) is 2.61. The van der Waals surface area contributed by atoms with Gasteiger partial charge in [-0.05, 0) is 46.6 Å². The quantitative estimate of drug-likeness (QED) is 0.847. The molecule has 0 aliphatic heterocycles. The first-order chi connectivity index (χ1) is 8.49. The van der Waals surface area contributed by atoms with Crippen LogP contribution in [0.25, 0.3) is 0 Å². The Labute approximate surface area is 115 Å². The summed E-state index contributed by atoms with van der Waals surface area (Å²) in [5.41, 5.74) is 1.04. The Balaban J connectivity index is 2.94. The third kappa shape index (κ3) is 3.71. The van der Waals surface area contributed by atoms with Crippen molar-refractivity contribution in [2.75, 3.05) is 14.2 Å². The minimum absolute atomic E-state index is 0.00306. The van der Waals surface area contributed by atoms with Gasteiger partial charge in [0.1, 0.15) is 5.75 Å². The maximum Gasteiger partial charge on any atom is 0.303 e. The molecule has 0 aromatic heterocycles. The Bertz CT molecular complexity index is 423.